The van der Waals surface area contributed by atoms with Crippen LogP contribution in [0.15, 0.2) is 48.5 Å². The average molecular weight is 369 g/mol. The highest BCUT2D eigenvalue weighted by Crippen LogP contribution is 2.76. The minimum Gasteiger partial charge on any atom is -0.0590 e. The Bertz CT molecular complexity index is 788. The molecule has 144 valence electrons. The Kier molecular flexibility index (Phi) is 2.98. The van der Waals surface area contributed by atoms with Gasteiger partial charge in [-0.3, -0.25) is 0 Å². The Morgan fingerprint density at radius 1 is 0.464 bits per heavy atom. The minimum absolute atomic E-state index is 0.526. The van der Waals surface area contributed by atoms with Gasteiger partial charge in [-0.2, -0.15) is 0 Å². The third-order valence-corrected chi connectivity index (χ3v) is 10.4. The molecule has 0 nitrogen and oxygen atoms in total. The summed E-state index contributed by atoms with van der Waals surface area (Å²) in [5, 5.41) is 0. The summed E-state index contributed by atoms with van der Waals surface area (Å²) in [7, 11) is 0. The summed E-state index contributed by atoms with van der Waals surface area (Å²) in [6, 6.07) is 19.4. The monoisotopic (exact) mass is 368 g/mol. The van der Waals surface area contributed by atoms with Crippen LogP contribution in [0.25, 0.3) is 0 Å². The molecule has 0 N–H and O–H groups in total. The van der Waals surface area contributed by atoms with Crippen LogP contribution in [0, 0.1) is 49.4 Å². The smallest absolute Gasteiger partial charge is 0.00384 e. The van der Waals surface area contributed by atoms with Crippen molar-refractivity contribution in [1.82, 2.24) is 0 Å². The second kappa shape index (κ2) is 5.13. The molecule has 0 amide bonds. The van der Waals surface area contributed by atoms with E-state index in [1.165, 1.54) is 49.7 Å². The third-order valence-electron chi connectivity index (χ3n) is 10.4. The highest BCUT2D eigenvalue weighted by atomic mass is 14.7. The van der Waals surface area contributed by atoms with Crippen LogP contribution in [-0.2, 0) is 10.8 Å². The molecule has 7 fully saturated rings. The van der Waals surface area contributed by atoms with E-state index in [0.717, 1.165) is 35.5 Å². The van der Waals surface area contributed by atoms with E-state index >= 15 is 0 Å². The molecule has 0 spiro atoms. The quantitative estimate of drug-likeness (QED) is 0.561. The minimum atomic E-state index is 0.526. The van der Waals surface area contributed by atoms with Gasteiger partial charge < -0.3 is 0 Å². The van der Waals surface area contributed by atoms with E-state index in [0.29, 0.717) is 10.8 Å². The zero-order valence-electron chi connectivity index (χ0n) is 17.3. The molecule has 7 aliphatic rings. The van der Waals surface area contributed by atoms with E-state index in [-0.39, 0.29) is 0 Å². The van der Waals surface area contributed by atoms with Crippen molar-refractivity contribution < 1.29 is 0 Å². The van der Waals surface area contributed by atoms with Crippen molar-refractivity contribution in [2.45, 2.75) is 63.2 Å². The lowest BCUT2D eigenvalue weighted by atomic mass is 9.29. The summed E-state index contributed by atoms with van der Waals surface area (Å²) in [4.78, 5) is 0. The standard InChI is InChI=1S/C28H32/c1-17-3-7-19(8-4-17)27-11-21-24-14-28(20-9-5-18(2)6-10-20)15-25(21)23(13-27)26(16-28)22(24)12-27/h3-10,21-26H,11-16H2,1-2H3. The van der Waals surface area contributed by atoms with E-state index < -0.39 is 0 Å². The second-order valence-corrected chi connectivity index (χ2v) is 11.5. The molecule has 0 unspecified atom stereocenters. The highest BCUT2D eigenvalue weighted by molar-refractivity contribution is 5.38. The fourth-order valence-corrected chi connectivity index (χ4v) is 9.45. The van der Waals surface area contributed by atoms with Crippen molar-refractivity contribution in [3.63, 3.8) is 0 Å². The Morgan fingerprint density at radius 2 is 0.714 bits per heavy atom. The molecule has 8 bridgehead atoms. The Balaban J connectivity index is 1.28. The van der Waals surface area contributed by atoms with Gasteiger partial charge in [0, 0.05) is 0 Å². The van der Waals surface area contributed by atoms with Gasteiger partial charge in [0.15, 0.2) is 0 Å². The Hall–Kier alpha value is -1.56. The molecule has 28 heavy (non-hydrogen) atoms. The van der Waals surface area contributed by atoms with Gasteiger partial charge in [0.1, 0.15) is 0 Å². The SMILES string of the molecule is Cc1ccc(C23CC4C5CC6(c7ccc(C)cc7)CC4C(C2)C(C6)C5C3)cc1. The fourth-order valence-electron chi connectivity index (χ4n) is 9.45. The van der Waals surface area contributed by atoms with Crippen molar-refractivity contribution in [2.24, 2.45) is 35.5 Å². The summed E-state index contributed by atoms with van der Waals surface area (Å²) < 4.78 is 0. The molecule has 2 aromatic rings. The molecule has 0 saturated heterocycles. The van der Waals surface area contributed by atoms with Crippen molar-refractivity contribution in [3.05, 3.63) is 70.8 Å². The van der Waals surface area contributed by atoms with Crippen LogP contribution >= 0.6 is 0 Å². The average Bonchev–Trinajstić information content (AvgIpc) is 2.72. The summed E-state index contributed by atoms with van der Waals surface area (Å²) in [5.41, 5.74) is 7.23. The van der Waals surface area contributed by atoms with E-state index in [4.69, 9.17) is 0 Å². The first-order chi connectivity index (χ1) is 13.6. The van der Waals surface area contributed by atoms with Crippen LogP contribution < -0.4 is 0 Å². The first-order valence-electron chi connectivity index (χ1n) is 11.7. The highest BCUT2D eigenvalue weighted by Gasteiger charge is 2.70. The van der Waals surface area contributed by atoms with Gasteiger partial charge in [0.2, 0.25) is 0 Å². The molecule has 7 aliphatic carbocycles. The summed E-state index contributed by atoms with van der Waals surface area (Å²) in [6.45, 7) is 4.46. The maximum absolute atomic E-state index is 2.48. The van der Waals surface area contributed by atoms with Crippen LogP contribution in [0.1, 0.15) is 60.8 Å². The van der Waals surface area contributed by atoms with Crippen LogP contribution in [0.4, 0.5) is 0 Å². The predicted molar refractivity (Wildman–Crippen MR) is 114 cm³/mol. The lowest BCUT2D eigenvalue weighted by Gasteiger charge is -2.75. The summed E-state index contributed by atoms with van der Waals surface area (Å²) >= 11 is 0. The van der Waals surface area contributed by atoms with E-state index in [9.17, 15) is 0 Å². The molecule has 0 radical (unpaired) electrons. The van der Waals surface area contributed by atoms with E-state index in [1.807, 2.05) is 0 Å². The lowest BCUT2D eigenvalue weighted by Crippen LogP contribution is -2.69. The number of hydrogen-bond acceptors (Lipinski definition) is 0. The number of hydrogen-bond donors (Lipinski definition) is 0. The number of rotatable bonds is 2. The van der Waals surface area contributed by atoms with Crippen molar-refractivity contribution in [3.8, 4) is 0 Å². The van der Waals surface area contributed by atoms with Crippen molar-refractivity contribution in [2.75, 3.05) is 0 Å². The fraction of sp³-hybridized carbons (Fsp3) is 0.571. The van der Waals surface area contributed by atoms with Gasteiger partial charge in [0.25, 0.3) is 0 Å². The van der Waals surface area contributed by atoms with Gasteiger partial charge in [-0.05, 0) is 110 Å². The normalized spacial score (nSPS) is 47.1. The number of benzene rings is 2. The largest absolute Gasteiger partial charge is 0.0590 e. The maximum Gasteiger partial charge on any atom is -0.00384 e. The first kappa shape index (κ1) is 16.3. The van der Waals surface area contributed by atoms with E-state index in [1.54, 1.807) is 11.1 Å². The van der Waals surface area contributed by atoms with Crippen LogP contribution in [0.5, 0.6) is 0 Å². The third kappa shape index (κ3) is 1.88. The molecule has 7 saturated carbocycles. The molecule has 2 aromatic carbocycles. The zero-order valence-corrected chi connectivity index (χ0v) is 17.3. The number of aryl methyl sites for hydroxylation is 2. The van der Waals surface area contributed by atoms with Crippen molar-refractivity contribution >= 4 is 0 Å². The zero-order chi connectivity index (χ0) is 18.7. The van der Waals surface area contributed by atoms with Gasteiger partial charge in [-0.15, -0.1) is 0 Å². The summed E-state index contributed by atoms with van der Waals surface area (Å²) in [6.07, 6.45) is 8.97. The van der Waals surface area contributed by atoms with Gasteiger partial charge in [0.05, 0.1) is 0 Å². The second-order valence-electron chi connectivity index (χ2n) is 11.5. The molecular weight excluding hydrogens is 336 g/mol. The first-order valence-corrected chi connectivity index (χ1v) is 11.7. The molecule has 9 rings (SSSR count). The summed E-state index contributed by atoms with van der Waals surface area (Å²) in [5.74, 6) is 6.13. The molecule has 0 aromatic heterocycles. The van der Waals surface area contributed by atoms with Crippen LogP contribution in [-0.4, -0.2) is 0 Å². The Labute approximate surface area is 169 Å². The van der Waals surface area contributed by atoms with Gasteiger partial charge >= 0.3 is 0 Å². The predicted octanol–water partition coefficient (Wildman–Crippen LogP) is 6.59. The van der Waals surface area contributed by atoms with Crippen molar-refractivity contribution in [1.29, 1.82) is 0 Å². The molecule has 0 aliphatic heterocycles. The topological polar surface area (TPSA) is 0 Å². The van der Waals surface area contributed by atoms with E-state index in [2.05, 4.69) is 62.4 Å². The van der Waals surface area contributed by atoms with Gasteiger partial charge in [-0.1, -0.05) is 59.7 Å². The van der Waals surface area contributed by atoms with Gasteiger partial charge in [-0.25, -0.2) is 0 Å². The molecule has 0 heteroatoms. The van der Waals surface area contributed by atoms with Crippen LogP contribution in [0.2, 0.25) is 0 Å². The molecule has 0 heterocycles. The maximum atomic E-state index is 2.48. The van der Waals surface area contributed by atoms with Crippen LogP contribution in [0.3, 0.4) is 0 Å². The molecular formula is C28H32. The molecule has 0 atom stereocenters. The Morgan fingerprint density at radius 3 is 0.964 bits per heavy atom. The lowest BCUT2D eigenvalue weighted by molar-refractivity contribution is -0.221.